The highest BCUT2D eigenvalue weighted by Crippen LogP contribution is 2.28. The Morgan fingerprint density at radius 2 is 1.60 bits per heavy atom. The van der Waals surface area contributed by atoms with E-state index in [1.54, 1.807) is 18.2 Å². The molecule has 30 heavy (non-hydrogen) atoms. The summed E-state index contributed by atoms with van der Waals surface area (Å²) in [4.78, 5) is 24.3. The molecule has 8 heteroatoms. The maximum Gasteiger partial charge on any atom is 0.238 e. The molecule has 0 saturated heterocycles. The molecule has 0 amide bonds. The summed E-state index contributed by atoms with van der Waals surface area (Å²) in [6.07, 6.45) is 3.71. The summed E-state index contributed by atoms with van der Waals surface area (Å²) in [5, 5.41) is 9.78. The number of nitrogens with two attached hydrogens (primary N) is 1. The summed E-state index contributed by atoms with van der Waals surface area (Å²) >= 11 is 0. The number of aromatic nitrogens is 2. The van der Waals surface area contributed by atoms with Crippen LogP contribution in [-0.2, 0) is 19.6 Å². The first-order valence-corrected chi connectivity index (χ1v) is 10.6. The molecule has 0 atom stereocenters. The van der Waals surface area contributed by atoms with Gasteiger partial charge in [0.15, 0.2) is 11.6 Å². The Morgan fingerprint density at radius 3 is 2.23 bits per heavy atom. The van der Waals surface area contributed by atoms with Gasteiger partial charge in [0.05, 0.1) is 27.5 Å². The van der Waals surface area contributed by atoms with Gasteiger partial charge < -0.3 is 0 Å². The zero-order valence-electron chi connectivity index (χ0n) is 15.9. The number of nitrogens with zero attached hydrogens (tertiary/aromatic N) is 2. The molecule has 2 N–H and O–H groups in total. The molecule has 7 nitrogen and oxygen atoms in total. The first kappa shape index (κ1) is 19.7. The third-order valence-corrected chi connectivity index (χ3v) is 5.62. The van der Waals surface area contributed by atoms with Gasteiger partial charge in [-0.3, -0.25) is 9.59 Å². The minimum absolute atomic E-state index is 0.0372. The van der Waals surface area contributed by atoms with Crippen molar-refractivity contribution < 1.29 is 18.0 Å². The van der Waals surface area contributed by atoms with Crippen LogP contribution < -0.4 is 5.14 Å². The highest BCUT2D eigenvalue weighted by atomic mass is 32.2. The summed E-state index contributed by atoms with van der Waals surface area (Å²) in [5.74, 6) is -0.605. The molecule has 3 aromatic rings. The van der Waals surface area contributed by atoms with Crippen LogP contribution in [0, 0.1) is 6.92 Å². The Morgan fingerprint density at radius 1 is 0.933 bits per heavy atom. The summed E-state index contributed by atoms with van der Waals surface area (Å²) < 4.78 is 24.6. The molecule has 0 radical (unpaired) electrons. The smallest absolute Gasteiger partial charge is 0.238 e. The van der Waals surface area contributed by atoms with Crippen molar-refractivity contribution in [3.63, 3.8) is 0 Å². The lowest BCUT2D eigenvalue weighted by Gasteiger charge is -2.11. The molecule has 0 aliphatic heterocycles. The Bertz CT molecular complexity index is 1330. The molecule has 1 aliphatic carbocycles. The van der Waals surface area contributed by atoms with Crippen LogP contribution in [0.15, 0.2) is 77.7 Å². The van der Waals surface area contributed by atoms with Crippen LogP contribution in [-0.4, -0.2) is 29.8 Å². The second-order valence-corrected chi connectivity index (χ2v) is 8.45. The summed E-state index contributed by atoms with van der Waals surface area (Å²) in [6, 6.07) is 15.3. The predicted molar refractivity (Wildman–Crippen MR) is 112 cm³/mol. The van der Waals surface area contributed by atoms with Gasteiger partial charge in [-0.05, 0) is 55.5 Å². The summed E-state index contributed by atoms with van der Waals surface area (Å²) in [5.41, 5.74) is 3.70. The van der Waals surface area contributed by atoms with Gasteiger partial charge >= 0.3 is 0 Å². The van der Waals surface area contributed by atoms with E-state index in [9.17, 15) is 18.0 Å². The monoisotopic (exact) mass is 419 g/mol. The van der Waals surface area contributed by atoms with E-state index in [4.69, 9.17) is 5.14 Å². The number of aryl methyl sites for hydroxylation is 1. The fourth-order valence-electron chi connectivity index (χ4n) is 3.12. The quantitative estimate of drug-likeness (QED) is 0.653. The van der Waals surface area contributed by atoms with E-state index >= 15 is 0 Å². The molecule has 0 bridgehead atoms. The van der Waals surface area contributed by atoms with Crippen molar-refractivity contribution in [1.82, 2.24) is 9.78 Å². The van der Waals surface area contributed by atoms with Gasteiger partial charge in [0.1, 0.15) is 0 Å². The second-order valence-electron chi connectivity index (χ2n) is 6.89. The largest absolute Gasteiger partial charge is 0.290 e. The molecule has 4 rings (SSSR count). The first-order chi connectivity index (χ1) is 14.2. The van der Waals surface area contributed by atoms with E-state index in [2.05, 4.69) is 5.10 Å². The highest BCUT2D eigenvalue weighted by molar-refractivity contribution is 7.89. The zero-order valence-corrected chi connectivity index (χ0v) is 16.8. The molecule has 0 spiro atoms. The van der Waals surface area contributed by atoms with Crippen molar-refractivity contribution in [3.8, 4) is 16.9 Å². The van der Waals surface area contributed by atoms with Gasteiger partial charge in [-0.2, -0.15) is 5.10 Å². The van der Waals surface area contributed by atoms with Gasteiger partial charge in [-0.15, -0.1) is 0 Å². The molecular weight excluding hydrogens is 402 g/mol. The van der Waals surface area contributed by atoms with E-state index in [1.807, 2.05) is 31.2 Å². The molecule has 1 aromatic heterocycles. The first-order valence-electron chi connectivity index (χ1n) is 9.01. The van der Waals surface area contributed by atoms with Gasteiger partial charge in [0.25, 0.3) is 0 Å². The van der Waals surface area contributed by atoms with Crippen molar-refractivity contribution in [3.05, 3.63) is 84.1 Å². The maximum atomic E-state index is 12.5. The second kappa shape index (κ2) is 7.33. The number of allylic oxidation sites excluding steroid dienone is 4. The fraction of sp³-hybridized carbons (Fsp3) is 0.0455. The normalized spacial score (nSPS) is 14.1. The van der Waals surface area contributed by atoms with Crippen molar-refractivity contribution in [2.75, 3.05) is 0 Å². The zero-order chi connectivity index (χ0) is 21.5. The van der Waals surface area contributed by atoms with E-state index in [0.717, 1.165) is 11.1 Å². The van der Waals surface area contributed by atoms with E-state index in [-0.39, 0.29) is 22.0 Å². The van der Waals surface area contributed by atoms with Crippen LogP contribution in [0.3, 0.4) is 0 Å². The average molecular weight is 419 g/mol. The minimum Gasteiger partial charge on any atom is -0.290 e. The van der Waals surface area contributed by atoms with Crippen molar-refractivity contribution >= 4 is 27.2 Å². The topological polar surface area (TPSA) is 112 Å². The van der Waals surface area contributed by atoms with Crippen molar-refractivity contribution in [2.45, 2.75) is 11.8 Å². The number of primary sulfonamides is 1. The fourth-order valence-corrected chi connectivity index (χ4v) is 3.64. The average Bonchev–Trinajstić information content (AvgIpc) is 3.15. The van der Waals surface area contributed by atoms with Crippen LogP contribution in [0.4, 0.5) is 0 Å². The molecule has 0 unspecified atom stereocenters. The molecule has 150 valence electrons. The number of rotatable bonds is 4. The number of benzene rings is 2. The van der Waals surface area contributed by atoms with Gasteiger partial charge in [0, 0.05) is 5.56 Å². The van der Waals surface area contributed by atoms with Crippen LogP contribution in [0.1, 0.15) is 11.3 Å². The number of sulfonamides is 1. The predicted octanol–water partition coefficient (Wildman–Crippen LogP) is 2.59. The van der Waals surface area contributed by atoms with Crippen LogP contribution >= 0.6 is 0 Å². The molecule has 0 fully saturated rings. The lowest BCUT2D eigenvalue weighted by atomic mass is 9.99. The Kier molecular flexibility index (Phi) is 4.81. The van der Waals surface area contributed by atoms with E-state index in [1.165, 1.54) is 35.0 Å². The number of hydrogen-bond donors (Lipinski definition) is 1. The Balaban J connectivity index is 1.89. The van der Waals surface area contributed by atoms with Crippen molar-refractivity contribution in [1.29, 1.82) is 0 Å². The van der Waals surface area contributed by atoms with Gasteiger partial charge in [-0.1, -0.05) is 29.8 Å². The van der Waals surface area contributed by atoms with Crippen LogP contribution in [0.2, 0.25) is 0 Å². The maximum absolute atomic E-state index is 12.5. The third-order valence-electron chi connectivity index (χ3n) is 4.69. The Labute approximate surface area is 173 Å². The number of ketones is 2. The third kappa shape index (κ3) is 3.78. The molecular formula is C22H17N3O4S. The molecule has 1 heterocycles. The number of hydrogen-bond acceptors (Lipinski definition) is 5. The molecule has 0 saturated carbocycles. The molecule has 1 aliphatic rings. The highest BCUT2D eigenvalue weighted by Gasteiger charge is 2.22. The number of carbonyl (C=O) groups is 2. The Hall–Kier alpha value is -3.62. The summed E-state index contributed by atoms with van der Waals surface area (Å²) in [6.45, 7) is 1.98. The summed E-state index contributed by atoms with van der Waals surface area (Å²) in [7, 11) is -3.84. The van der Waals surface area contributed by atoms with Gasteiger partial charge in [-0.25, -0.2) is 18.2 Å². The van der Waals surface area contributed by atoms with Gasteiger partial charge in [0.2, 0.25) is 10.0 Å². The van der Waals surface area contributed by atoms with Crippen LogP contribution in [0.5, 0.6) is 0 Å². The van der Waals surface area contributed by atoms with E-state index < -0.39 is 10.0 Å². The van der Waals surface area contributed by atoms with Crippen LogP contribution in [0.25, 0.3) is 22.5 Å². The SMILES string of the molecule is Cc1ccc(-c2cc(C3=CC(=O)C=CC3=O)n(-c3ccc(S(N)(=O)=O)cc3)n2)cc1. The molecule has 2 aromatic carbocycles. The number of carbonyl (C=O) groups excluding carboxylic acids is 2. The lowest BCUT2D eigenvalue weighted by Crippen LogP contribution is -2.13. The standard InChI is InChI=1S/C22H17N3O4S/c1-14-2-4-15(5-3-14)20-13-21(19-12-17(26)8-11-22(19)27)25(24-20)16-6-9-18(10-7-16)30(23,28)29/h2-13H,1H3,(H2,23,28,29). The lowest BCUT2D eigenvalue weighted by molar-refractivity contribution is -0.113. The van der Waals surface area contributed by atoms with E-state index in [0.29, 0.717) is 17.1 Å². The van der Waals surface area contributed by atoms with Crippen molar-refractivity contribution in [2.24, 2.45) is 5.14 Å². The minimum atomic E-state index is -3.84.